The zero-order valence-electron chi connectivity index (χ0n) is 11.9. The van der Waals surface area contributed by atoms with Gasteiger partial charge in [0, 0.05) is 6.42 Å². The fourth-order valence-corrected chi connectivity index (χ4v) is 2.74. The summed E-state index contributed by atoms with van der Waals surface area (Å²) in [6.45, 7) is 1.87. The largest absolute Gasteiger partial charge is 0.478 e. The molecule has 0 heterocycles. The van der Waals surface area contributed by atoms with E-state index in [2.05, 4.69) is 0 Å². The summed E-state index contributed by atoms with van der Waals surface area (Å²) in [5.41, 5.74) is 0.627. The molecule has 1 unspecified atom stereocenters. The van der Waals surface area contributed by atoms with E-state index in [4.69, 9.17) is 5.11 Å². The molecule has 0 aromatic heterocycles. The molecule has 108 valence electrons. The third-order valence-electron chi connectivity index (χ3n) is 4.12. The van der Waals surface area contributed by atoms with Crippen LogP contribution in [-0.2, 0) is 6.42 Å². The van der Waals surface area contributed by atoms with Crippen molar-refractivity contribution >= 4 is 5.97 Å². The summed E-state index contributed by atoms with van der Waals surface area (Å²) in [6.07, 6.45) is 6.98. The number of halogens is 1. The Bertz CT molecular complexity index is 504. The molecular weight excluding hydrogens is 255 g/mol. The van der Waals surface area contributed by atoms with Crippen LogP contribution in [0.25, 0.3) is 0 Å². The second kappa shape index (κ2) is 6.21. The molecule has 20 heavy (non-hydrogen) atoms. The minimum atomic E-state index is -1.29. The van der Waals surface area contributed by atoms with Crippen LogP contribution in [0.1, 0.15) is 54.9 Å². The number of carboxylic acids is 1. The van der Waals surface area contributed by atoms with Gasteiger partial charge in [-0.05, 0) is 55.9 Å². The van der Waals surface area contributed by atoms with Crippen molar-refractivity contribution in [1.82, 2.24) is 0 Å². The number of rotatable bonds is 3. The molecule has 0 radical (unpaired) electrons. The Morgan fingerprint density at radius 3 is 2.60 bits per heavy atom. The number of carboxylic acid groups (broad SMARTS) is 1. The third kappa shape index (κ3) is 3.47. The molecule has 0 aliphatic heterocycles. The van der Waals surface area contributed by atoms with Crippen LogP contribution in [0, 0.1) is 0 Å². The highest BCUT2D eigenvalue weighted by Gasteiger charge is 2.32. The van der Waals surface area contributed by atoms with E-state index < -0.39 is 11.6 Å². The Balaban J connectivity index is 2.17. The van der Waals surface area contributed by atoms with Crippen molar-refractivity contribution in [3.05, 3.63) is 47.0 Å². The van der Waals surface area contributed by atoms with E-state index in [0.29, 0.717) is 12.8 Å². The maximum atomic E-state index is 15.2. The number of benzene rings is 1. The lowest BCUT2D eigenvalue weighted by atomic mass is 9.82. The van der Waals surface area contributed by atoms with E-state index in [9.17, 15) is 4.79 Å². The fraction of sp³-hybridized carbons (Fsp3) is 0.471. The minimum absolute atomic E-state index is 0.242. The SMILES string of the molecule is C/C1=C/CCCCCC1(F)Cc1ccc(C(=O)O)cc1. The van der Waals surface area contributed by atoms with Gasteiger partial charge in [0.2, 0.25) is 0 Å². The lowest BCUT2D eigenvalue weighted by Gasteiger charge is -2.28. The lowest BCUT2D eigenvalue weighted by molar-refractivity contribution is 0.0697. The van der Waals surface area contributed by atoms with Gasteiger partial charge >= 0.3 is 5.97 Å². The first-order valence-corrected chi connectivity index (χ1v) is 7.20. The highest BCUT2D eigenvalue weighted by molar-refractivity contribution is 5.87. The van der Waals surface area contributed by atoms with Crippen molar-refractivity contribution < 1.29 is 14.3 Å². The highest BCUT2D eigenvalue weighted by atomic mass is 19.1. The molecule has 0 saturated heterocycles. The van der Waals surface area contributed by atoms with E-state index >= 15 is 4.39 Å². The molecule has 1 aromatic rings. The van der Waals surface area contributed by atoms with Gasteiger partial charge < -0.3 is 5.11 Å². The number of carbonyl (C=O) groups is 1. The van der Waals surface area contributed by atoms with Crippen molar-refractivity contribution in [2.45, 2.75) is 51.1 Å². The van der Waals surface area contributed by atoms with E-state index in [1.165, 1.54) is 0 Å². The van der Waals surface area contributed by atoms with Crippen LogP contribution in [-0.4, -0.2) is 16.7 Å². The minimum Gasteiger partial charge on any atom is -0.478 e. The molecule has 3 heteroatoms. The standard InChI is InChI=1S/C17H21FO2/c1-13-6-4-2-3-5-11-17(13,18)12-14-7-9-15(10-8-14)16(19)20/h6-10H,2-5,11-12H2,1H3,(H,19,20)/b13-6-. The average molecular weight is 276 g/mol. The maximum absolute atomic E-state index is 15.2. The van der Waals surface area contributed by atoms with E-state index in [0.717, 1.165) is 36.8 Å². The molecule has 0 bridgehead atoms. The van der Waals surface area contributed by atoms with Crippen LogP contribution in [0.5, 0.6) is 0 Å². The normalized spacial score (nSPS) is 26.2. The van der Waals surface area contributed by atoms with Gasteiger partial charge in [0.25, 0.3) is 0 Å². The summed E-state index contributed by atoms with van der Waals surface area (Å²) >= 11 is 0. The topological polar surface area (TPSA) is 37.3 Å². The van der Waals surface area contributed by atoms with Crippen molar-refractivity contribution in [1.29, 1.82) is 0 Å². The second-order valence-electron chi connectivity index (χ2n) is 5.63. The Kier molecular flexibility index (Phi) is 4.58. The van der Waals surface area contributed by atoms with Gasteiger partial charge in [-0.3, -0.25) is 0 Å². The molecule has 2 rings (SSSR count). The van der Waals surface area contributed by atoms with Crippen LogP contribution >= 0.6 is 0 Å². The van der Waals surface area contributed by atoms with Gasteiger partial charge in [0.15, 0.2) is 0 Å². The Labute approximate surface area is 119 Å². The van der Waals surface area contributed by atoms with Crippen molar-refractivity contribution in [3.8, 4) is 0 Å². The van der Waals surface area contributed by atoms with E-state index in [1.807, 2.05) is 13.0 Å². The lowest BCUT2D eigenvalue weighted by Crippen LogP contribution is -2.28. The Morgan fingerprint density at radius 1 is 1.25 bits per heavy atom. The smallest absolute Gasteiger partial charge is 0.335 e. The quantitative estimate of drug-likeness (QED) is 0.822. The molecule has 1 aromatic carbocycles. The van der Waals surface area contributed by atoms with Crippen LogP contribution in [0.3, 0.4) is 0 Å². The average Bonchev–Trinajstić information content (AvgIpc) is 2.41. The maximum Gasteiger partial charge on any atom is 0.335 e. The summed E-state index contributed by atoms with van der Waals surface area (Å²) in [4.78, 5) is 10.8. The van der Waals surface area contributed by atoms with Crippen molar-refractivity contribution in [3.63, 3.8) is 0 Å². The summed E-state index contributed by atoms with van der Waals surface area (Å²) in [5, 5.41) is 8.88. The summed E-state index contributed by atoms with van der Waals surface area (Å²) < 4.78 is 15.2. The molecule has 0 spiro atoms. The second-order valence-corrected chi connectivity index (χ2v) is 5.63. The zero-order valence-corrected chi connectivity index (χ0v) is 11.9. The van der Waals surface area contributed by atoms with E-state index in [-0.39, 0.29) is 5.56 Å². The van der Waals surface area contributed by atoms with Crippen LogP contribution < -0.4 is 0 Å². The number of alkyl halides is 1. The van der Waals surface area contributed by atoms with Gasteiger partial charge in [-0.25, -0.2) is 9.18 Å². The van der Waals surface area contributed by atoms with Crippen LogP contribution in [0.15, 0.2) is 35.9 Å². The Morgan fingerprint density at radius 2 is 1.95 bits per heavy atom. The van der Waals surface area contributed by atoms with E-state index in [1.54, 1.807) is 24.3 Å². The van der Waals surface area contributed by atoms with Crippen LogP contribution in [0.4, 0.5) is 4.39 Å². The third-order valence-corrected chi connectivity index (χ3v) is 4.12. The Hall–Kier alpha value is -1.64. The predicted molar refractivity (Wildman–Crippen MR) is 77.8 cm³/mol. The molecule has 0 saturated carbocycles. The van der Waals surface area contributed by atoms with Gasteiger partial charge in [-0.2, -0.15) is 0 Å². The van der Waals surface area contributed by atoms with Crippen molar-refractivity contribution in [2.75, 3.05) is 0 Å². The summed E-state index contributed by atoms with van der Waals surface area (Å²) in [7, 11) is 0. The predicted octanol–water partition coefficient (Wildman–Crippen LogP) is 4.55. The number of allylic oxidation sites excluding steroid dienone is 2. The summed E-state index contributed by atoms with van der Waals surface area (Å²) in [5.74, 6) is -0.950. The van der Waals surface area contributed by atoms with Gasteiger partial charge in [0.05, 0.1) is 5.56 Å². The first-order chi connectivity index (χ1) is 9.51. The molecule has 0 fully saturated rings. The fourth-order valence-electron chi connectivity index (χ4n) is 2.74. The molecule has 1 atom stereocenters. The molecule has 1 aliphatic carbocycles. The molecular formula is C17H21FO2. The monoisotopic (exact) mass is 276 g/mol. The van der Waals surface area contributed by atoms with Crippen LogP contribution in [0.2, 0.25) is 0 Å². The molecule has 0 amide bonds. The molecule has 2 nitrogen and oxygen atoms in total. The van der Waals surface area contributed by atoms with Gasteiger partial charge in [-0.1, -0.05) is 24.6 Å². The van der Waals surface area contributed by atoms with Crippen molar-refractivity contribution in [2.24, 2.45) is 0 Å². The first kappa shape index (κ1) is 14.8. The number of hydrogen-bond donors (Lipinski definition) is 1. The zero-order chi connectivity index (χ0) is 14.6. The molecule has 1 N–H and O–H groups in total. The number of aromatic carboxylic acids is 1. The number of hydrogen-bond acceptors (Lipinski definition) is 1. The van der Waals surface area contributed by atoms with Gasteiger partial charge in [0.1, 0.15) is 5.67 Å². The molecule has 1 aliphatic rings. The summed E-state index contributed by atoms with van der Waals surface area (Å²) in [6, 6.07) is 6.53. The first-order valence-electron chi connectivity index (χ1n) is 7.20. The van der Waals surface area contributed by atoms with Gasteiger partial charge in [-0.15, -0.1) is 0 Å². The highest BCUT2D eigenvalue weighted by Crippen LogP contribution is 2.34.